The Kier molecular flexibility index (Phi) is 8.26. The molecule has 0 saturated carbocycles. The van der Waals surface area contributed by atoms with Gasteiger partial charge in [0.15, 0.2) is 0 Å². The first-order valence-electron chi connectivity index (χ1n) is 10.4. The Morgan fingerprint density at radius 2 is 1.88 bits per heavy atom. The van der Waals surface area contributed by atoms with Crippen LogP contribution in [0.15, 0.2) is 52.9 Å². The number of fused-ring (bicyclic) bond motifs is 1. The van der Waals surface area contributed by atoms with E-state index in [9.17, 15) is 23.3 Å². The Morgan fingerprint density at radius 1 is 1.18 bits per heavy atom. The van der Waals surface area contributed by atoms with Crippen molar-refractivity contribution >= 4 is 51.7 Å². The molecule has 1 amide bonds. The minimum Gasteiger partial charge on any atom is -0.480 e. The molecule has 0 aliphatic heterocycles. The van der Waals surface area contributed by atoms with Gasteiger partial charge in [-0.05, 0) is 83.4 Å². The van der Waals surface area contributed by atoms with Crippen molar-refractivity contribution in [2.24, 2.45) is 0 Å². The third-order valence-corrected chi connectivity index (χ3v) is 7.10. The molecular formula is C25H26FNO4S2. The predicted molar refractivity (Wildman–Crippen MR) is 133 cm³/mol. The summed E-state index contributed by atoms with van der Waals surface area (Å²) in [6.07, 6.45) is 5.50. The van der Waals surface area contributed by atoms with Crippen LogP contribution >= 0.6 is 11.8 Å². The van der Waals surface area contributed by atoms with Crippen LogP contribution in [-0.4, -0.2) is 45.5 Å². The Labute approximate surface area is 199 Å². The maximum Gasteiger partial charge on any atom is 0.326 e. The van der Waals surface area contributed by atoms with E-state index in [1.54, 1.807) is 17.8 Å². The zero-order chi connectivity index (χ0) is 24.1. The van der Waals surface area contributed by atoms with Gasteiger partial charge in [-0.25, -0.2) is 9.18 Å². The van der Waals surface area contributed by atoms with Crippen LogP contribution in [0, 0.1) is 5.82 Å². The topological polar surface area (TPSA) is 83.5 Å². The van der Waals surface area contributed by atoms with Crippen molar-refractivity contribution in [1.29, 1.82) is 0 Å². The maximum atomic E-state index is 14.1. The molecule has 2 atom stereocenters. The van der Waals surface area contributed by atoms with Crippen LogP contribution in [0.4, 0.5) is 4.39 Å². The fraction of sp³-hybridized carbons (Fsp3) is 0.280. The molecule has 0 saturated heterocycles. The van der Waals surface area contributed by atoms with Crippen molar-refractivity contribution in [3.8, 4) is 0 Å². The van der Waals surface area contributed by atoms with E-state index >= 15 is 0 Å². The van der Waals surface area contributed by atoms with E-state index in [0.29, 0.717) is 11.1 Å². The number of hydrogen-bond donors (Lipinski definition) is 2. The summed E-state index contributed by atoms with van der Waals surface area (Å²) < 4.78 is 25.4. The number of rotatable bonds is 9. The summed E-state index contributed by atoms with van der Waals surface area (Å²) in [7, 11) is -1.16. The SMILES string of the molecule is CSc1ccc(/C=C2/C(C)=C(CC(=O)NC(CCS(C)=O)C(=O)O)c3cc(F)ccc32)cc1. The summed E-state index contributed by atoms with van der Waals surface area (Å²) in [6, 6.07) is 11.5. The second kappa shape index (κ2) is 10.9. The molecule has 0 heterocycles. The monoisotopic (exact) mass is 487 g/mol. The molecule has 33 heavy (non-hydrogen) atoms. The number of carbonyl (C=O) groups is 2. The third kappa shape index (κ3) is 6.21. The van der Waals surface area contributed by atoms with E-state index < -0.39 is 34.5 Å². The van der Waals surface area contributed by atoms with Gasteiger partial charge in [-0.15, -0.1) is 11.8 Å². The minimum absolute atomic E-state index is 0.0740. The number of thioether (sulfide) groups is 1. The zero-order valence-corrected chi connectivity index (χ0v) is 20.3. The highest BCUT2D eigenvalue weighted by molar-refractivity contribution is 7.98. The number of halogens is 1. The van der Waals surface area contributed by atoms with Gasteiger partial charge < -0.3 is 10.4 Å². The molecule has 2 N–H and O–H groups in total. The van der Waals surface area contributed by atoms with Crippen LogP contribution in [0.25, 0.3) is 17.2 Å². The lowest BCUT2D eigenvalue weighted by atomic mass is 10.0. The number of aliphatic carboxylic acids is 1. The summed E-state index contributed by atoms with van der Waals surface area (Å²) in [6.45, 7) is 1.89. The zero-order valence-electron chi connectivity index (χ0n) is 18.7. The fourth-order valence-corrected chi connectivity index (χ4v) is 4.77. The van der Waals surface area contributed by atoms with Crippen LogP contribution in [0.5, 0.6) is 0 Å². The van der Waals surface area contributed by atoms with Gasteiger partial charge in [0.1, 0.15) is 11.9 Å². The Balaban J connectivity index is 1.90. The standard InChI is InChI=1S/C25H26FNO4S2/c1-15-20(12-16-4-7-18(32-2)8-5-16)19-9-6-17(26)13-22(19)21(15)14-24(28)27-23(25(29)30)10-11-33(3)31/h4-9,12-13,23H,10-11,14H2,1-3H3,(H,27,28)(H,29,30)/b20-12-. The van der Waals surface area contributed by atoms with Crippen molar-refractivity contribution in [2.45, 2.75) is 30.7 Å². The molecule has 0 radical (unpaired) electrons. The van der Waals surface area contributed by atoms with Crippen LogP contribution in [0.2, 0.25) is 0 Å². The summed E-state index contributed by atoms with van der Waals surface area (Å²) in [4.78, 5) is 25.4. The number of benzene rings is 2. The van der Waals surface area contributed by atoms with E-state index in [1.165, 1.54) is 18.4 Å². The molecule has 0 bridgehead atoms. The third-order valence-electron chi connectivity index (χ3n) is 5.55. The smallest absolute Gasteiger partial charge is 0.326 e. The van der Waals surface area contributed by atoms with Gasteiger partial charge in [-0.2, -0.15) is 0 Å². The maximum absolute atomic E-state index is 14.1. The van der Waals surface area contributed by atoms with Gasteiger partial charge in [0.05, 0.1) is 6.42 Å². The van der Waals surface area contributed by atoms with Crippen LogP contribution in [-0.2, 0) is 20.4 Å². The number of nitrogens with one attached hydrogen (secondary N) is 1. The minimum atomic E-state index is -1.17. The number of carbonyl (C=O) groups excluding carboxylic acids is 1. The summed E-state index contributed by atoms with van der Waals surface area (Å²) in [5.74, 6) is -1.88. The molecule has 1 aliphatic rings. The summed E-state index contributed by atoms with van der Waals surface area (Å²) >= 11 is 1.65. The first-order valence-corrected chi connectivity index (χ1v) is 13.3. The average Bonchev–Trinajstić information content (AvgIpc) is 3.01. The Bertz CT molecular complexity index is 1160. The molecule has 3 rings (SSSR count). The summed E-state index contributed by atoms with van der Waals surface area (Å²) in [5.41, 5.74) is 4.87. The van der Waals surface area contributed by atoms with Crippen molar-refractivity contribution in [3.63, 3.8) is 0 Å². The van der Waals surface area contributed by atoms with E-state index in [4.69, 9.17) is 0 Å². The average molecular weight is 488 g/mol. The number of allylic oxidation sites excluding steroid dienone is 2. The molecule has 0 spiro atoms. The lowest BCUT2D eigenvalue weighted by Crippen LogP contribution is -2.41. The normalized spacial score (nSPS) is 15.9. The molecule has 0 fully saturated rings. The van der Waals surface area contributed by atoms with E-state index in [-0.39, 0.29) is 18.6 Å². The molecule has 2 aromatic carbocycles. The first kappa shape index (κ1) is 24.9. The van der Waals surface area contributed by atoms with Gasteiger partial charge in [-0.1, -0.05) is 18.2 Å². The molecule has 8 heteroatoms. The molecule has 5 nitrogen and oxygen atoms in total. The molecule has 2 unspecified atom stereocenters. The van der Waals surface area contributed by atoms with Crippen molar-refractivity contribution in [2.75, 3.05) is 18.3 Å². The van der Waals surface area contributed by atoms with Gasteiger partial charge in [0.2, 0.25) is 5.91 Å². The number of carboxylic acids is 1. The number of hydrogen-bond acceptors (Lipinski definition) is 4. The second-order valence-corrected chi connectivity index (χ2v) is 10.3. The van der Waals surface area contributed by atoms with Gasteiger partial charge in [0.25, 0.3) is 0 Å². The highest BCUT2D eigenvalue weighted by Gasteiger charge is 2.27. The predicted octanol–water partition coefficient (Wildman–Crippen LogP) is 4.60. The van der Waals surface area contributed by atoms with Crippen molar-refractivity contribution < 1.29 is 23.3 Å². The van der Waals surface area contributed by atoms with Crippen molar-refractivity contribution in [1.82, 2.24) is 5.32 Å². The quantitative estimate of drug-likeness (QED) is 0.505. The van der Waals surface area contributed by atoms with Gasteiger partial charge >= 0.3 is 5.97 Å². The first-order chi connectivity index (χ1) is 15.7. The summed E-state index contributed by atoms with van der Waals surface area (Å²) in [5, 5.41) is 11.9. The number of carboxylic acid groups (broad SMARTS) is 1. The van der Waals surface area contributed by atoms with Crippen LogP contribution in [0.1, 0.15) is 36.5 Å². The van der Waals surface area contributed by atoms with E-state index in [0.717, 1.165) is 27.2 Å². The Morgan fingerprint density at radius 3 is 2.48 bits per heavy atom. The van der Waals surface area contributed by atoms with Crippen LogP contribution < -0.4 is 5.32 Å². The van der Waals surface area contributed by atoms with E-state index in [1.807, 2.05) is 43.5 Å². The lowest BCUT2D eigenvalue weighted by Gasteiger charge is -2.15. The van der Waals surface area contributed by atoms with Gasteiger partial charge in [-0.3, -0.25) is 9.00 Å². The van der Waals surface area contributed by atoms with Crippen molar-refractivity contribution in [3.05, 3.63) is 70.5 Å². The largest absolute Gasteiger partial charge is 0.480 e. The van der Waals surface area contributed by atoms with E-state index in [2.05, 4.69) is 5.32 Å². The molecule has 2 aromatic rings. The lowest BCUT2D eigenvalue weighted by molar-refractivity contribution is -0.141. The fourth-order valence-electron chi connectivity index (χ4n) is 3.80. The number of amides is 1. The Hall–Kier alpha value is -2.71. The highest BCUT2D eigenvalue weighted by atomic mass is 32.2. The van der Waals surface area contributed by atoms with Gasteiger partial charge in [0, 0.05) is 27.7 Å². The molecule has 0 aromatic heterocycles. The highest BCUT2D eigenvalue weighted by Crippen LogP contribution is 2.43. The second-order valence-electron chi connectivity index (χ2n) is 7.83. The molecule has 1 aliphatic carbocycles. The molecular weight excluding hydrogens is 461 g/mol. The van der Waals surface area contributed by atoms with Crippen LogP contribution in [0.3, 0.4) is 0 Å². The molecule has 174 valence electrons.